The van der Waals surface area contributed by atoms with Crippen molar-refractivity contribution in [2.24, 2.45) is 0 Å². The fraction of sp³-hybridized carbons (Fsp3) is 0.167. The van der Waals surface area contributed by atoms with Gasteiger partial charge < -0.3 is 10.6 Å². The summed E-state index contributed by atoms with van der Waals surface area (Å²) in [6.45, 7) is 0.464. The van der Waals surface area contributed by atoms with Crippen molar-refractivity contribution in [2.45, 2.75) is 12.8 Å². The average molecular weight is 450 g/mol. The van der Waals surface area contributed by atoms with E-state index in [4.69, 9.17) is 0 Å². The molecule has 3 aromatic rings. The summed E-state index contributed by atoms with van der Waals surface area (Å²) in [5, 5.41) is 9.97. The van der Waals surface area contributed by atoms with Crippen LogP contribution in [0.3, 0.4) is 0 Å². The van der Waals surface area contributed by atoms with E-state index in [0.29, 0.717) is 29.4 Å². The number of nitrogens with one attached hydrogen (secondary N) is 2. The summed E-state index contributed by atoms with van der Waals surface area (Å²) in [6, 6.07) is 11.5. The number of thiophene rings is 1. The Labute approximate surface area is 167 Å². The highest BCUT2D eigenvalue weighted by molar-refractivity contribution is 9.10. The molecule has 2 heterocycles. The van der Waals surface area contributed by atoms with E-state index in [1.165, 1.54) is 22.7 Å². The van der Waals surface area contributed by atoms with Gasteiger partial charge in [-0.2, -0.15) is 0 Å². The van der Waals surface area contributed by atoms with Crippen LogP contribution in [-0.4, -0.2) is 23.3 Å². The molecule has 0 aliphatic rings. The zero-order chi connectivity index (χ0) is 18.4. The minimum atomic E-state index is -0.105. The second kappa shape index (κ2) is 9.07. The van der Waals surface area contributed by atoms with Gasteiger partial charge in [-0.05, 0) is 30.0 Å². The molecule has 0 bridgehead atoms. The van der Waals surface area contributed by atoms with Gasteiger partial charge in [0.25, 0.3) is 5.91 Å². The molecule has 2 N–H and O–H groups in total. The van der Waals surface area contributed by atoms with E-state index < -0.39 is 0 Å². The van der Waals surface area contributed by atoms with Crippen LogP contribution in [0.25, 0.3) is 11.3 Å². The highest BCUT2D eigenvalue weighted by atomic mass is 79.9. The third kappa shape index (κ3) is 5.23. The zero-order valence-electron chi connectivity index (χ0n) is 13.7. The summed E-state index contributed by atoms with van der Waals surface area (Å²) in [5.74, 6) is -0.202. The first-order chi connectivity index (χ1) is 12.6. The van der Waals surface area contributed by atoms with Gasteiger partial charge in [0.2, 0.25) is 5.91 Å². The summed E-state index contributed by atoms with van der Waals surface area (Å²) in [4.78, 5) is 28.9. The van der Waals surface area contributed by atoms with Crippen molar-refractivity contribution < 1.29 is 9.59 Å². The summed E-state index contributed by atoms with van der Waals surface area (Å²) in [6.07, 6.45) is 0.909. The minimum Gasteiger partial charge on any atom is -0.351 e. The van der Waals surface area contributed by atoms with E-state index in [-0.39, 0.29) is 11.8 Å². The van der Waals surface area contributed by atoms with Crippen molar-refractivity contribution in [3.8, 4) is 11.3 Å². The van der Waals surface area contributed by atoms with Crippen LogP contribution < -0.4 is 10.6 Å². The third-order valence-electron chi connectivity index (χ3n) is 3.50. The Morgan fingerprint density at radius 1 is 1.12 bits per heavy atom. The number of rotatable bonds is 7. The molecule has 0 spiro atoms. The van der Waals surface area contributed by atoms with Gasteiger partial charge >= 0.3 is 0 Å². The number of aromatic nitrogens is 1. The highest BCUT2D eigenvalue weighted by Crippen LogP contribution is 2.26. The van der Waals surface area contributed by atoms with Gasteiger partial charge in [-0.25, -0.2) is 4.98 Å². The molecule has 0 aliphatic carbocycles. The summed E-state index contributed by atoms with van der Waals surface area (Å²) in [7, 11) is 0. The molecule has 1 aromatic carbocycles. The number of thiazole rings is 1. The van der Waals surface area contributed by atoms with Crippen LogP contribution in [0, 0.1) is 0 Å². The second-order valence-corrected chi connectivity index (χ2v) is 8.15. The average Bonchev–Trinajstić information content (AvgIpc) is 3.31. The Hall–Kier alpha value is -2.03. The molecule has 5 nitrogen and oxygen atoms in total. The maximum absolute atomic E-state index is 12.0. The molecule has 0 saturated carbocycles. The smallest absolute Gasteiger partial charge is 0.261 e. The van der Waals surface area contributed by atoms with Gasteiger partial charge in [-0.3, -0.25) is 9.59 Å². The van der Waals surface area contributed by atoms with Crippen LogP contribution in [0.4, 0.5) is 5.13 Å². The largest absolute Gasteiger partial charge is 0.351 e. The molecule has 0 unspecified atom stereocenters. The Kier molecular flexibility index (Phi) is 6.54. The SMILES string of the molecule is O=C(CCCNC(=O)c1cccs1)Nc1nc(-c2ccc(Br)cc2)cs1. The molecule has 2 amide bonds. The molecule has 0 radical (unpaired) electrons. The number of nitrogens with zero attached hydrogens (tertiary/aromatic N) is 1. The number of benzene rings is 1. The van der Waals surface area contributed by atoms with Gasteiger partial charge in [0, 0.05) is 28.4 Å². The van der Waals surface area contributed by atoms with E-state index in [1.54, 1.807) is 6.07 Å². The van der Waals surface area contributed by atoms with E-state index in [1.807, 2.05) is 41.1 Å². The van der Waals surface area contributed by atoms with Crippen molar-refractivity contribution in [3.63, 3.8) is 0 Å². The molecule has 8 heteroatoms. The lowest BCUT2D eigenvalue weighted by Crippen LogP contribution is -2.24. The summed E-state index contributed by atoms with van der Waals surface area (Å²) >= 11 is 6.20. The molecule has 26 heavy (non-hydrogen) atoms. The van der Waals surface area contributed by atoms with Gasteiger partial charge in [0.05, 0.1) is 10.6 Å². The monoisotopic (exact) mass is 449 g/mol. The van der Waals surface area contributed by atoms with Crippen LogP contribution in [-0.2, 0) is 4.79 Å². The Morgan fingerprint density at radius 3 is 2.65 bits per heavy atom. The first-order valence-electron chi connectivity index (χ1n) is 7.95. The van der Waals surface area contributed by atoms with Crippen LogP contribution in [0.15, 0.2) is 51.6 Å². The number of carbonyl (C=O) groups excluding carboxylic acids is 2. The molecule has 0 fully saturated rings. The Morgan fingerprint density at radius 2 is 1.92 bits per heavy atom. The lowest BCUT2D eigenvalue weighted by molar-refractivity contribution is -0.116. The second-order valence-electron chi connectivity index (χ2n) is 5.43. The van der Waals surface area contributed by atoms with E-state index in [0.717, 1.165) is 15.7 Å². The van der Waals surface area contributed by atoms with Crippen LogP contribution in [0.2, 0.25) is 0 Å². The van der Waals surface area contributed by atoms with Crippen LogP contribution in [0.5, 0.6) is 0 Å². The molecule has 0 aliphatic heterocycles. The topological polar surface area (TPSA) is 71.1 Å². The van der Waals surface area contributed by atoms with Gasteiger partial charge in [-0.15, -0.1) is 22.7 Å². The van der Waals surface area contributed by atoms with E-state index in [2.05, 4.69) is 31.5 Å². The lowest BCUT2D eigenvalue weighted by Gasteiger charge is -2.04. The van der Waals surface area contributed by atoms with Gasteiger partial charge in [-0.1, -0.05) is 34.1 Å². The molecule has 0 atom stereocenters. The first-order valence-corrected chi connectivity index (χ1v) is 10.5. The molecule has 0 saturated heterocycles. The first kappa shape index (κ1) is 18.8. The summed E-state index contributed by atoms with van der Waals surface area (Å²) in [5.41, 5.74) is 1.84. The van der Waals surface area contributed by atoms with Crippen molar-refractivity contribution in [1.82, 2.24) is 10.3 Å². The standard InChI is InChI=1S/C18H16BrN3O2S2/c19-13-7-5-12(6-8-13)14-11-26-18(21-14)22-16(23)4-1-9-20-17(24)15-3-2-10-25-15/h2-3,5-8,10-11H,1,4,9H2,(H,20,24)(H,21,22,23). The fourth-order valence-electron chi connectivity index (χ4n) is 2.21. The van der Waals surface area contributed by atoms with E-state index in [9.17, 15) is 9.59 Å². The number of anilines is 1. The predicted molar refractivity (Wildman–Crippen MR) is 110 cm³/mol. The lowest BCUT2D eigenvalue weighted by atomic mass is 10.2. The highest BCUT2D eigenvalue weighted by Gasteiger charge is 2.09. The number of hydrogen-bond donors (Lipinski definition) is 2. The van der Waals surface area contributed by atoms with Crippen LogP contribution in [0.1, 0.15) is 22.5 Å². The molecular formula is C18H16BrN3O2S2. The normalized spacial score (nSPS) is 10.5. The van der Waals surface area contributed by atoms with Crippen molar-refractivity contribution in [2.75, 3.05) is 11.9 Å². The molecule has 134 valence electrons. The number of hydrogen-bond acceptors (Lipinski definition) is 5. The molecular weight excluding hydrogens is 434 g/mol. The quantitative estimate of drug-likeness (QED) is 0.509. The zero-order valence-corrected chi connectivity index (χ0v) is 16.9. The summed E-state index contributed by atoms with van der Waals surface area (Å²) < 4.78 is 1.01. The Bertz CT molecular complexity index is 876. The van der Waals surface area contributed by atoms with Gasteiger partial charge in [0.15, 0.2) is 5.13 Å². The van der Waals surface area contributed by atoms with Crippen molar-refractivity contribution >= 4 is 55.5 Å². The number of halogens is 1. The predicted octanol–water partition coefficient (Wildman–Crippen LogP) is 4.78. The van der Waals surface area contributed by atoms with Gasteiger partial charge in [0.1, 0.15) is 0 Å². The number of amides is 2. The number of carbonyl (C=O) groups is 2. The van der Waals surface area contributed by atoms with Crippen molar-refractivity contribution in [1.29, 1.82) is 0 Å². The van der Waals surface area contributed by atoms with E-state index >= 15 is 0 Å². The minimum absolute atomic E-state index is 0.0977. The molecule has 3 rings (SSSR count). The third-order valence-corrected chi connectivity index (χ3v) is 5.66. The van der Waals surface area contributed by atoms with Crippen LogP contribution >= 0.6 is 38.6 Å². The Balaban J connectivity index is 1.42. The fourth-order valence-corrected chi connectivity index (χ4v) is 3.85. The van der Waals surface area contributed by atoms with Crippen molar-refractivity contribution in [3.05, 3.63) is 56.5 Å². The maximum atomic E-state index is 12.0. The maximum Gasteiger partial charge on any atom is 0.261 e. The molecule has 2 aromatic heterocycles.